The predicted octanol–water partition coefficient (Wildman–Crippen LogP) is 2.27. The van der Waals surface area contributed by atoms with E-state index in [1.807, 2.05) is 6.07 Å². The molecule has 1 N–H and O–H groups in total. The molecule has 0 saturated carbocycles. The van der Waals surface area contributed by atoms with Crippen LogP contribution in [0.4, 0.5) is 11.4 Å². The number of imide groups is 1. The molecule has 3 aromatic rings. The molecule has 1 aliphatic rings. The van der Waals surface area contributed by atoms with Gasteiger partial charge in [0.1, 0.15) is 0 Å². The molecule has 1 saturated heterocycles. The average Bonchev–Trinajstić information content (AvgIpc) is 3.36. The maximum absolute atomic E-state index is 12.6. The molecule has 4 rings (SSSR count). The number of thioether (sulfide) groups is 1. The van der Waals surface area contributed by atoms with Crippen molar-refractivity contribution >= 4 is 40.9 Å². The molecule has 0 bridgehead atoms. The number of anilines is 2. The topological polar surface area (TPSA) is 97.2 Å². The Morgan fingerprint density at radius 1 is 1.14 bits per heavy atom. The minimum Gasteiger partial charge on any atom is -0.324 e. The van der Waals surface area contributed by atoms with Crippen LogP contribution in [0.5, 0.6) is 0 Å². The van der Waals surface area contributed by atoms with E-state index in [1.54, 1.807) is 65.7 Å². The van der Waals surface area contributed by atoms with Crippen molar-refractivity contribution in [3.8, 4) is 5.82 Å². The molecule has 0 radical (unpaired) electrons. The molecule has 1 aliphatic heterocycles. The fraction of sp³-hybridized carbons (Fsp3) is 0.150. The molecular weight excluding hydrogens is 390 g/mol. The fourth-order valence-electron chi connectivity index (χ4n) is 2.96. The van der Waals surface area contributed by atoms with Crippen molar-refractivity contribution in [1.82, 2.24) is 14.8 Å². The van der Waals surface area contributed by atoms with Gasteiger partial charge >= 0.3 is 0 Å². The minimum absolute atomic E-state index is 0.0627. The van der Waals surface area contributed by atoms with Gasteiger partial charge in [-0.3, -0.25) is 14.4 Å². The summed E-state index contributed by atoms with van der Waals surface area (Å²) in [6, 6.07) is 14.1. The number of pyridine rings is 1. The van der Waals surface area contributed by atoms with Gasteiger partial charge in [-0.15, -0.1) is 11.8 Å². The van der Waals surface area contributed by atoms with Gasteiger partial charge in [0.15, 0.2) is 5.82 Å². The van der Waals surface area contributed by atoms with Crippen molar-refractivity contribution in [3.05, 3.63) is 67.1 Å². The Morgan fingerprint density at radius 3 is 2.66 bits per heavy atom. The van der Waals surface area contributed by atoms with Gasteiger partial charge in [0.25, 0.3) is 0 Å². The molecule has 29 heavy (non-hydrogen) atoms. The standard InChI is InChI=1S/C20H17N5O3S/c26-18(23-14-7-8-17(21-12-14)24-10-4-9-22-24)13-29-16-11-19(27)25(20(16)28)15-5-2-1-3-6-15/h1-10,12,16H,11,13H2,(H,23,26)/t16-/m0/s1. The molecule has 0 unspecified atom stereocenters. The number of carbonyl (C=O) groups is 3. The third kappa shape index (κ3) is 4.19. The second-order valence-corrected chi connectivity index (χ2v) is 7.50. The number of amides is 3. The molecule has 3 heterocycles. The molecule has 0 spiro atoms. The minimum atomic E-state index is -0.561. The zero-order valence-electron chi connectivity index (χ0n) is 15.3. The van der Waals surface area contributed by atoms with Crippen molar-refractivity contribution < 1.29 is 14.4 Å². The van der Waals surface area contributed by atoms with E-state index in [4.69, 9.17) is 0 Å². The van der Waals surface area contributed by atoms with Gasteiger partial charge in [-0.2, -0.15) is 5.10 Å². The Hall–Kier alpha value is -3.46. The summed E-state index contributed by atoms with van der Waals surface area (Å²) in [6.07, 6.45) is 5.06. The SMILES string of the molecule is O=C(CS[C@H]1CC(=O)N(c2ccccc2)C1=O)Nc1ccc(-n2cccn2)nc1. The van der Waals surface area contributed by atoms with Gasteiger partial charge in [0.2, 0.25) is 17.7 Å². The molecule has 1 fully saturated rings. The number of hydrogen-bond acceptors (Lipinski definition) is 6. The number of carbonyl (C=O) groups excluding carboxylic acids is 3. The smallest absolute Gasteiger partial charge is 0.247 e. The third-order valence-corrected chi connectivity index (χ3v) is 5.51. The number of nitrogens with one attached hydrogen (secondary N) is 1. The molecular formula is C20H17N5O3S. The Bertz CT molecular complexity index is 1020. The van der Waals surface area contributed by atoms with Crippen molar-refractivity contribution in [3.63, 3.8) is 0 Å². The average molecular weight is 407 g/mol. The van der Waals surface area contributed by atoms with Crippen molar-refractivity contribution in [1.29, 1.82) is 0 Å². The first kappa shape index (κ1) is 18.9. The van der Waals surface area contributed by atoms with E-state index in [-0.39, 0.29) is 29.9 Å². The van der Waals surface area contributed by atoms with Gasteiger partial charge in [0.05, 0.1) is 28.6 Å². The summed E-state index contributed by atoms with van der Waals surface area (Å²) < 4.78 is 1.61. The Morgan fingerprint density at radius 2 is 1.97 bits per heavy atom. The summed E-state index contributed by atoms with van der Waals surface area (Å²) in [7, 11) is 0. The lowest BCUT2D eigenvalue weighted by Gasteiger charge is -2.14. The number of hydrogen-bond donors (Lipinski definition) is 1. The summed E-state index contributed by atoms with van der Waals surface area (Å²) in [5.41, 5.74) is 1.10. The first-order valence-electron chi connectivity index (χ1n) is 8.91. The Balaban J connectivity index is 1.32. The van der Waals surface area contributed by atoms with Gasteiger partial charge in [0, 0.05) is 18.8 Å². The van der Waals surface area contributed by atoms with Crippen molar-refractivity contribution in [2.75, 3.05) is 16.0 Å². The summed E-state index contributed by atoms with van der Waals surface area (Å²) in [5, 5.41) is 6.28. The number of benzene rings is 1. The van der Waals surface area contributed by atoms with E-state index >= 15 is 0 Å². The van der Waals surface area contributed by atoms with Gasteiger partial charge in [-0.1, -0.05) is 18.2 Å². The van der Waals surface area contributed by atoms with E-state index in [9.17, 15) is 14.4 Å². The highest BCUT2D eigenvalue weighted by atomic mass is 32.2. The van der Waals surface area contributed by atoms with Crippen LogP contribution in [0.1, 0.15) is 6.42 Å². The maximum Gasteiger partial charge on any atom is 0.247 e. The van der Waals surface area contributed by atoms with Crippen LogP contribution in [-0.2, 0) is 14.4 Å². The number of aromatic nitrogens is 3. The van der Waals surface area contributed by atoms with Crippen LogP contribution >= 0.6 is 11.8 Å². The summed E-state index contributed by atoms with van der Waals surface area (Å²) in [5.74, 6) is -0.102. The molecule has 2 aromatic heterocycles. The quantitative estimate of drug-likeness (QED) is 0.630. The molecule has 0 aliphatic carbocycles. The Kier molecular flexibility index (Phi) is 5.39. The lowest BCUT2D eigenvalue weighted by Crippen LogP contribution is -2.31. The molecule has 146 valence electrons. The third-order valence-electron chi connectivity index (χ3n) is 4.31. The molecule has 3 amide bonds. The number of rotatable bonds is 6. The molecule has 9 heteroatoms. The largest absolute Gasteiger partial charge is 0.324 e. The van der Waals surface area contributed by atoms with Gasteiger partial charge in [-0.25, -0.2) is 14.6 Å². The van der Waals surface area contributed by atoms with Crippen LogP contribution in [0.25, 0.3) is 5.82 Å². The van der Waals surface area contributed by atoms with E-state index < -0.39 is 5.25 Å². The second-order valence-electron chi connectivity index (χ2n) is 6.31. The van der Waals surface area contributed by atoms with E-state index in [1.165, 1.54) is 4.90 Å². The van der Waals surface area contributed by atoms with Crippen molar-refractivity contribution in [2.45, 2.75) is 11.7 Å². The zero-order valence-corrected chi connectivity index (χ0v) is 16.1. The second kappa shape index (κ2) is 8.27. The van der Waals surface area contributed by atoms with E-state index in [0.29, 0.717) is 17.2 Å². The van der Waals surface area contributed by atoms with Crippen LogP contribution in [0.2, 0.25) is 0 Å². The molecule has 8 nitrogen and oxygen atoms in total. The molecule has 1 atom stereocenters. The maximum atomic E-state index is 12.6. The van der Waals surface area contributed by atoms with Crippen LogP contribution in [0, 0.1) is 0 Å². The van der Waals surface area contributed by atoms with Crippen molar-refractivity contribution in [2.24, 2.45) is 0 Å². The first-order chi connectivity index (χ1) is 14.1. The number of nitrogens with zero attached hydrogens (tertiary/aromatic N) is 4. The highest BCUT2D eigenvalue weighted by Gasteiger charge is 2.39. The van der Waals surface area contributed by atoms with Crippen LogP contribution in [-0.4, -0.2) is 43.5 Å². The van der Waals surface area contributed by atoms with Crippen LogP contribution < -0.4 is 10.2 Å². The normalized spacial score (nSPS) is 16.3. The number of para-hydroxylation sites is 1. The van der Waals surface area contributed by atoms with Crippen LogP contribution in [0.3, 0.4) is 0 Å². The summed E-state index contributed by atoms with van der Waals surface area (Å²) >= 11 is 1.16. The van der Waals surface area contributed by atoms with E-state index in [0.717, 1.165) is 11.8 Å². The predicted molar refractivity (Wildman–Crippen MR) is 110 cm³/mol. The monoisotopic (exact) mass is 407 g/mol. The highest BCUT2D eigenvalue weighted by molar-refractivity contribution is 8.01. The lowest BCUT2D eigenvalue weighted by molar-refractivity contribution is -0.121. The Labute approximate surface area is 170 Å². The lowest BCUT2D eigenvalue weighted by atomic mass is 10.3. The first-order valence-corrected chi connectivity index (χ1v) is 9.96. The summed E-state index contributed by atoms with van der Waals surface area (Å²) in [4.78, 5) is 42.5. The highest BCUT2D eigenvalue weighted by Crippen LogP contribution is 2.29. The van der Waals surface area contributed by atoms with Crippen LogP contribution in [0.15, 0.2) is 67.1 Å². The zero-order chi connectivity index (χ0) is 20.2. The fourth-order valence-corrected chi connectivity index (χ4v) is 3.89. The van der Waals surface area contributed by atoms with E-state index in [2.05, 4.69) is 15.4 Å². The van der Waals surface area contributed by atoms with Gasteiger partial charge < -0.3 is 5.32 Å². The summed E-state index contributed by atoms with van der Waals surface area (Å²) in [6.45, 7) is 0. The van der Waals surface area contributed by atoms with Gasteiger partial charge in [-0.05, 0) is 30.3 Å². The molecule has 1 aromatic carbocycles.